The van der Waals surface area contributed by atoms with Crippen LogP contribution in [0.2, 0.25) is 5.02 Å². The van der Waals surface area contributed by atoms with Gasteiger partial charge in [-0.25, -0.2) is 0 Å². The van der Waals surface area contributed by atoms with Crippen LogP contribution in [-0.4, -0.2) is 33.7 Å². The van der Waals surface area contributed by atoms with E-state index in [0.29, 0.717) is 33.2 Å². The fourth-order valence-electron chi connectivity index (χ4n) is 3.69. The van der Waals surface area contributed by atoms with Crippen LogP contribution in [0.3, 0.4) is 0 Å². The summed E-state index contributed by atoms with van der Waals surface area (Å²) in [7, 11) is 1.55. The molecule has 0 saturated heterocycles. The molecule has 4 rings (SSSR count). The third-order valence-corrected chi connectivity index (χ3v) is 6.02. The first kappa shape index (κ1) is 22.1. The minimum absolute atomic E-state index is 0.0271. The summed E-state index contributed by atoms with van der Waals surface area (Å²) in [5.41, 5.74) is 1.65. The zero-order valence-electron chi connectivity index (χ0n) is 17.3. The molecule has 164 valence electrons. The van der Waals surface area contributed by atoms with E-state index in [-0.39, 0.29) is 5.57 Å². The summed E-state index contributed by atoms with van der Waals surface area (Å²) in [5.74, 6) is -0.718. The molecule has 7 nitrogen and oxygen atoms in total. The van der Waals surface area contributed by atoms with Gasteiger partial charge in [-0.15, -0.1) is 0 Å². The van der Waals surface area contributed by atoms with Gasteiger partial charge in [-0.3, -0.25) is 19.2 Å². The van der Waals surface area contributed by atoms with E-state index in [1.807, 2.05) is 12.1 Å². The monoisotopic (exact) mass is 515 g/mol. The number of ether oxygens (including phenoxy) is 1. The Morgan fingerprint density at radius 1 is 1.19 bits per heavy atom. The van der Waals surface area contributed by atoms with Gasteiger partial charge in [0, 0.05) is 11.2 Å². The summed E-state index contributed by atoms with van der Waals surface area (Å²) in [4.78, 5) is 26.7. The number of ketones is 1. The maximum absolute atomic E-state index is 13.0. The predicted molar refractivity (Wildman–Crippen MR) is 124 cm³/mol. The van der Waals surface area contributed by atoms with Crippen molar-refractivity contribution in [2.24, 2.45) is 0 Å². The van der Waals surface area contributed by atoms with Gasteiger partial charge in [0.2, 0.25) is 0 Å². The molecule has 1 aliphatic heterocycles. The summed E-state index contributed by atoms with van der Waals surface area (Å²) in [5, 5.41) is 15.7. The molecule has 1 atom stereocenters. The number of aromatic nitrogens is 2. The number of Topliss-reactive ketones (excluding diaryl/α,β-unsaturated/α-hetero) is 1. The number of aliphatic hydroxyl groups is 1. The highest BCUT2D eigenvalue weighted by atomic mass is 79.9. The summed E-state index contributed by atoms with van der Waals surface area (Å²) in [6.07, 6.45) is 1.74. The summed E-state index contributed by atoms with van der Waals surface area (Å²) >= 11 is 9.43. The molecule has 1 aromatic heterocycles. The Morgan fingerprint density at radius 2 is 1.84 bits per heavy atom. The first-order chi connectivity index (χ1) is 15.3. The van der Waals surface area contributed by atoms with E-state index >= 15 is 0 Å². The number of aliphatic hydroxyl groups excluding tert-OH is 1. The second-order valence-electron chi connectivity index (χ2n) is 7.29. The van der Waals surface area contributed by atoms with Crippen molar-refractivity contribution < 1.29 is 19.4 Å². The van der Waals surface area contributed by atoms with Crippen molar-refractivity contribution in [3.8, 4) is 5.75 Å². The number of hydrogen-bond acceptors (Lipinski definition) is 5. The zero-order valence-corrected chi connectivity index (χ0v) is 19.6. The molecule has 32 heavy (non-hydrogen) atoms. The zero-order chi connectivity index (χ0) is 23.0. The molecule has 0 aliphatic carbocycles. The molecule has 0 saturated carbocycles. The second kappa shape index (κ2) is 8.80. The fourth-order valence-corrected chi connectivity index (χ4v) is 4.33. The molecular weight excluding hydrogens is 498 g/mol. The maximum Gasteiger partial charge on any atom is 0.295 e. The van der Waals surface area contributed by atoms with Crippen LogP contribution in [0.4, 0.5) is 5.82 Å². The standard InChI is InChI=1S/C23H19BrClN3O4/c1-13(29)19-20(15-5-9-17(32-2)10-6-15)28(23(31)21(19)30)22-18(24)12-27(26-22)11-14-3-7-16(25)8-4-14/h3-10,12,20,30H,11H2,1-2H3. The van der Waals surface area contributed by atoms with Gasteiger partial charge in [0.15, 0.2) is 17.4 Å². The molecule has 1 N–H and O–H groups in total. The van der Waals surface area contributed by atoms with E-state index in [9.17, 15) is 14.7 Å². The first-order valence-electron chi connectivity index (χ1n) is 9.69. The molecule has 9 heteroatoms. The Kier molecular flexibility index (Phi) is 6.08. The van der Waals surface area contributed by atoms with Crippen molar-refractivity contribution in [2.45, 2.75) is 19.5 Å². The molecular formula is C23H19BrClN3O4. The molecule has 3 aromatic rings. The summed E-state index contributed by atoms with van der Waals surface area (Å²) in [6.45, 7) is 1.77. The van der Waals surface area contributed by atoms with Crippen LogP contribution in [-0.2, 0) is 16.1 Å². The van der Waals surface area contributed by atoms with E-state index in [0.717, 1.165) is 5.56 Å². The van der Waals surface area contributed by atoms with Crippen LogP contribution in [0.15, 0.2) is 70.5 Å². The molecule has 0 spiro atoms. The SMILES string of the molecule is COc1ccc(C2C(C(C)=O)=C(O)C(=O)N2c2nn(Cc3ccc(Cl)cc3)cc2Br)cc1. The summed E-state index contributed by atoms with van der Waals surface area (Å²) < 4.78 is 7.43. The van der Waals surface area contributed by atoms with Crippen molar-refractivity contribution in [2.75, 3.05) is 12.0 Å². The average Bonchev–Trinajstić information content (AvgIpc) is 3.26. The molecule has 2 heterocycles. The van der Waals surface area contributed by atoms with Gasteiger partial charge in [0.05, 0.1) is 29.7 Å². The topological polar surface area (TPSA) is 84.7 Å². The fraction of sp³-hybridized carbons (Fsp3) is 0.174. The molecule has 1 amide bonds. The predicted octanol–water partition coefficient (Wildman–Crippen LogP) is 4.84. The lowest BCUT2D eigenvalue weighted by atomic mass is 9.96. The Balaban J connectivity index is 1.75. The van der Waals surface area contributed by atoms with Crippen LogP contribution >= 0.6 is 27.5 Å². The van der Waals surface area contributed by atoms with Gasteiger partial charge < -0.3 is 9.84 Å². The number of hydrogen-bond donors (Lipinski definition) is 1. The Labute approximate surface area is 198 Å². The summed E-state index contributed by atoms with van der Waals surface area (Å²) in [6, 6.07) is 13.5. The van der Waals surface area contributed by atoms with E-state index in [2.05, 4.69) is 21.0 Å². The van der Waals surface area contributed by atoms with Gasteiger partial charge >= 0.3 is 0 Å². The highest BCUT2D eigenvalue weighted by Crippen LogP contribution is 2.42. The van der Waals surface area contributed by atoms with Crippen LogP contribution < -0.4 is 9.64 Å². The minimum atomic E-state index is -0.818. The van der Waals surface area contributed by atoms with E-state index in [4.69, 9.17) is 16.3 Å². The number of carbonyl (C=O) groups excluding carboxylic acids is 2. The average molecular weight is 517 g/mol. The number of halogens is 2. The number of anilines is 1. The van der Waals surface area contributed by atoms with Gasteiger partial charge in [0.25, 0.3) is 5.91 Å². The maximum atomic E-state index is 13.0. The van der Waals surface area contributed by atoms with Crippen molar-refractivity contribution in [1.82, 2.24) is 9.78 Å². The first-order valence-corrected chi connectivity index (χ1v) is 10.9. The normalized spacial score (nSPS) is 16.1. The molecule has 0 bridgehead atoms. The Morgan fingerprint density at radius 3 is 2.44 bits per heavy atom. The van der Waals surface area contributed by atoms with Crippen molar-refractivity contribution in [1.29, 1.82) is 0 Å². The lowest BCUT2D eigenvalue weighted by Gasteiger charge is -2.25. The van der Waals surface area contributed by atoms with Gasteiger partial charge in [-0.1, -0.05) is 35.9 Å². The van der Waals surface area contributed by atoms with Crippen molar-refractivity contribution >= 4 is 45.0 Å². The number of benzene rings is 2. The highest BCUT2D eigenvalue weighted by molar-refractivity contribution is 9.10. The molecule has 1 aliphatic rings. The third kappa shape index (κ3) is 4.03. The Bertz CT molecular complexity index is 1220. The number of rotatable bonds is 6. The molecule has 0 fully saturated rings. The minimum Gasteiger partial charge on any atom is -0.503 e. The van der Waals surface area contributed by atoms with E-state index in [1.165, 1.54) is 11.8 Å². The lowest BCUT2D eigenvalue weighted by Crippen LogP contribution is -2.31. The quantitative estimate of drug-likeness (QED) is 0.507. The van der Waals surface area contributed by atoms with Crippen molar-refractivity contribution in [3.63, 3.8) is 0 Å². The largest absolute Gasteiger partial charge is 0.503 e. The van der Waals surface area contributed by atoms with Gasteiger partial charge in [-0.05, 0) is 58.2 Å². The smallest absolute Gasteiger partial charge is 0.295 e. The third-order valence-electron chi connectivity index (χ3n) is 5.20. The second-order valence-corrected chi connectivity index (χ2v) is 8.58. The van der Waals surface area contributed by atoms with E-state index in [1.54, 1.807) is 54.4 Å². The number of nitrogens with zero attached hydrogens (tertiary/aromatic N) is 3. The molecule has 2 aromatic carbocycles. The highest BCUT2D eigenvalue weighted by Gasteiger charge is 2.45. The van der Waals surface area contributed by atoms with Crippen LogP contribution in [0.25, 0.3) is 0 Å². The number of carbonyl (C=O) groups is 2. The van der Waals surface area contributed by atoms with E-state index < -0.39 is 23.5 Å². The molecule has 0 radical (unpaired) electrons. The van der Waals surface area contributed by atoms with Crippen LogP contribution in [0, 0.1) is 0 Å². The lowest BCUT2D eigenvalue weighted by molar-refractivity contribution is -0.117. The van der Waals surface area contributed by atoms with Crippen LogP contribution in [0.5, 0.6) is 5.75 Å². The Hall–Kier alpha value is -3.10. The number of methoxy groups -OCH3 is 1. The van der Waals surface area contributed by atoms with Crippen molar-refractivity contribution in [3.05, 3.63) is 86.7 Å². The van der Waals surface area contributed by atoms with Gasteiger partial charge in [-0.2, -0.15) is 5.10 Å². The van der Waals surface area contributed by atoms with Gasteiger partial charge in [0.1, 0.15) is 5.75 Å². The number of amides is 1. The van der Waals surface area contributed by atoms with Crippen LogP contribution in [0.1, 0.15) is 24.1 Å². The molecule has 1 unspecified atom stereocenters.